The minimum absolute atomic E-state index is 0.0276. The summed E-state index contributed by atoms with van der Waals surface area (Å²) in [7, 11) is -4.21. The molecule has 0 radical (unpaired) electrons. The fourth-order valence-corrected chi connectivity index (χ4v) is 5.98. The lowest BCUT2D eigenvalue weighted by molar-refractivity contribution is 0.478. The number of hydrazone groups is 1. The Morgan fingerprint density at radius 1 is 0.857 bits per heavy atom. The molecule has 4 aromatic carbocycles. The van der Waals surface area contributed by atoms with Crippen molar-refractivity contribution in [2.24, 2.45) is 20.2 Å². The molecule has 214 valence electrons. The van der Waals surface area contributed by atoms with Gasteiger partial charge in [0.25, 0.3) is 10.0 Å². The SMILES string of the molecule is CC(C)(N=C(N)C(=NS(=O)(=O)c1ccc(Cl)cc1)N1CC(c2ccccc2)C(c2ccc(Cl)cc2)=N1)c1ccccc1. The number of hydrogen-bond acceptors (Lipinski definition) is 4. The van der Waals surface area contributed by atoms with Crippen LogP contribution < -0.4 is 5.73 Å². The molecule has 2 N–H and O–H groups in total. The van der Waals surface area contributed by atoms with Crippen LogP contribution in [0.2, 0.25) is 10.0 Å². The summed E-state index contributed by atoms with van der Waals surface area (Å²) in [6.45, 7) is 4.10. The molecular formula is C32H29Cl2N5O2S. The highest BCUT2D eigenvalue weighted by Crippen LogP contribution is 2.31. The second kappa shape index (κ2) is 12.1. The second-order valence-corrected chi connectivity index (χ2v) is 12.8. The summed E-state index contributed by atoms with van der Waals surface area (Å²) in [5.74, 6) is -0.334. The fourth-order valence-electron chi connectivity index (χ4n) is 4.72. The number of sulfonamides is 1. The third-order valence-electron chi connectivity index (χ3n) is 6.93. The quantitative estimate of drug-likeness (QED) is 0.188. The molecule has 4 aromatic rings. The molecule has 1 heterocycles. The molecule has 0 aromatic heterocycles. The minimum atomic E-state index is -4.21. The highest BCUT2D eigenvalue weighted by Gasteiger charge is 2.34. The van der Waals surface area contributed by atoms with Crippen LogP contribution in [0, 0.1) is 0 Å². The molecule has 0 fully saturated rings. The van der Waals surface area contributed by atoms with Crippen LogP contribution in [0.4, 0.5) is 0 Å². The number of halogens is 2. The number of benzene rings is 4. The van der Waals surface area contributed by atoms with E-state index in [1.54, 1.807) is 12.1 Å². The Morgan fingerprint density at radius 2 is 1.40 bits per heavy atom. The predicted octanol–water partition coefficient (Wildman–Crippen LogP) is 6.88. The van der Waals surface area contributed by atoms with Gasteiger partial charge in [-0.1, -0.05) is 96.0 Å². The smallest absolute Gasteiger partial charge is 0.284 e. The summed E-state index contributed by atoms with van der Waals surface area (Å²) < 4.78 is 31.3. The van der Waals surface area contributed by atoms with Crippen molar-refractivity contribution in [1.82, 2.24) is 5.01 Å². The van der Waals surface area contributed by atoms with Crippen molar-refractivity contribution in [3.05, 3.63) is 136 Å². The van der Waals surface area contributed by atoms with Gasteiger partial charge in [-0.05, 0) is 66.9 Å². The van der Waals surface area contributed by atoms with Crippen molar-refractivity contribution in [2.45, 2.75) is 30.2 Å². The first-order chi connectivity index (χ1) is 20.0. The number of nitrogens with zero attached hydrogens (tertiary/aromatic N) is 4. The molecule has 1 unspecified atom stereocenters. The van der Waals surface area contributed by atoms with Crippen LogP contribution in [0.5, 0.6) is 0 Å². The molecule has 0 bridgehead atoms. The average Bonchev–Trinajstić information content (AvgIpc) is 3.42. The van der Waals surface area contributed by atoms with Crippen LogP contribution in [0.1, 0.15) is 36.5 Å². The van der Waals surface area contributed by atoms with Crippen LogP contribution in [0.25, 0.3) is 0 Å². The molecular weight excluding hydrogens is 589 g/mol. The van der Waals surface area contributed by atoms with Crippen LogP contribution in [0.15, 0.2) is 129 Å². The van der Waals surface area contributed by atoms with Gasteiger partial charge in [0, 0.05) is 16.0 Å². The van der Waals surface area contributed by atoms with Crippen molar-refractivity contribution < 1.29 is 8.42 Å². The highest BCUT2D eigenvalue weighted by atomic mass is 35.5. The number of amidine groups is 2. The lowest BCUT2D eigenvalue weighted by Gasteiger charge is -2.23. The molecule has 0 aliphatic carbocycles. The van der Waals surface area contributed by atoms with E-state index in [1.807, 2.05) is 86.6 Å². The number of nitrogens with two attached hydrogens (primary N) is 1. The summed E-state index contributed by atoms with van der Waals surface area (Å²) in [6, 6.07) is 32.7. The Bertz CT molecular complexity index is 1760. The fraction of sp³-hybridized carbons (Fsp3) is 0.156. The van der Waals surface area contributed by atoms with Crippen molar-refractivity contribution in [2.75, 3.05) is 6.54 Å². The van der Waals surface area contributed by atoms with E-state index >= 15 is 0 Å². The molecule has 7 nitrogen and oxygen atoms in total. The average molecular weight is 619 g/mol. The summed E-state index contributed by atoms with van der Waals surface area (Å²) in [4.78, 5) is 4.75. The van der Waals surface area contributed by atoms with Gasteiger partial charge >= 0.3 is 0 Å². The van der Waals surface area contributed by atoms with Crippen molar-refractivity contribution >= 4 is 50.6 Å². The predicted molar refractivity (Wildman–Crippen MR) is 171 cm³/mol. The van der Waals surface area contributed by atoms with Crippen molar-refractivity contribution in [3.63, 3.8) is 0 Å². The Labute approximate surface area is 256 Å². The monoisotopic (exact) mass is 617 g/mol. The minimum Gasteiger partial charge on any atom is -0.381 e. The molecule has 0 amide bonds. The maximum absolute atomic E-state index is 13.6. The second-order valence-electron chi connectivity index (χ2n) is 10.3. The van der Waals surface area contributed by atoms with Crippen LogP contribution in [-0.2, 0) is 15.6 Å². The number of aliphatic imine (C=N–C) groups is 1. The zero-order chi connectivity index (χ0) is 29.9. The van der Waals surface area contributed by atoms with E-state index in [4.69, 9.17) is 39.0 Å². The Hall–Kier alpha value is -3.98. The van der Waals surface area contributed by atoms with Gasteiger partial charge in [-0.25, -0.2) is 5.01 Å². The lowest BCUT2D eigenvalue weighted by atomic mass is 9.90. The van der Waals surface area contributed by atoms with E-state index in [2.05, 4.69) is 4.40 Å². The van der Waals surface area contributed by atoms with Gasteiger partial charge in [0.1, 0.15) is 0 Å². The molecule has 1 aliphatic rings. The molecule has 1 aliphatic heterocycles. The molecule has 1 atom stereocenters. The molecule has 0 spiro atoms. The van der Waals surface area contributed by atoms with Crippen LogP contribution >= 0.6 is 23.2 Å². The van der Waals surface area contributed by atoms with Gasteiger partial charge in [-0.3, -0.25) is 4.99 Å². The van der Waals surface area contributed by atoms with Gasteiger partial charge < -0.3 is 5.73 Å². The van der Waals surface area contributed by atoms with E-state index in [9.17, 15) is 8.42 Å². The van der Waals surface area contributed by atoms with Gasteiger partial charge in [-0.15, -0.1) is 4.40 Å². The van der Waals surface area contributed by atoms with E-state index in [0.29, 0.717) is 16.6 Å². The van der Waals surface area contributed by atoms with Gasteiger partial charge in [0.05, 0.1) is 22.7 Å². The summed E-state index contributed by atoms with van der Waals surface area (Å²) in [6.07, 6.45) is 0. The zero-order valence-electron chi connectivity index (χ0n) is 23.0. The summed E-state index contributed by atoms with van der Waals surface area (Å²) >= 11 is 12.2. The third-order valence-corrected chi connectivity index (χ3v) is 8.71. The molecule has 42 heavy (non-hydrogen) atoms. The van der Waals surface area contributed by atoms with Crippen molar-refractivity contribution in [3.8, 4) is 0 Å². The Kier molecular flexibility index (Phi) is 8.50. The first-order valence-corrected chi connectivity index (χ1v) is 15.4. The summed E-state index contributed by atoms with van der Waals surface area (Å²) in [5, 5.41) is 7.42. The zero-order valence-corrected chi connectivity index (χ0v) is 25.4. The highest BCUT2D eigenvalue weighted by molar-refractivity contribution is 7.90. The third kappa shape index (κ3) is 6.57. The summed E-state index contributed by atoms with van der Waals surface area (Å²) in [5.41, 5.74) is 9.33. The maximum atomic E-state index is 13.6. The van der Waals surface area contributed by atoms with Crippen molar-refractivity contribution in [1.29, 1.82) is 0 Å². The maximum Gasteiger partial charge on any atom is 0.284 e. The van der Waals surface area contributed by atoms with E-state index < -0.39 is 15.6 Å². The Balaban J connectivity index is 1.65. The topological polar surface area (TPSA) is 100 Å². The normalized spacial score (nSPS) is 16.4. The molecule has 0 saturated heterocycles. The Morgan fingerprint density at radius 3 is 2.00 bits per heavy atom. The standard InChI is InChI=1S/C32H29Cl2N5O2S/c1-32(2,24-11-7-4-8-12-24)36-30(35)31(38-42(40,41)27-19-17-26(34)18-20-27)39-21-28(22-9-5-3-6-10-22)29(37-39)23-13-15-25(33)16-14-23/h3-20,28H,21H2,1-2H3,(H2,35,36). The number of rotatable bonds is 6. The molecule has 10 heteroatoms. The number of hydrogen-bond donors (Lipinski definition) is 1. The lowest BCUT2D eigenvalue weighted by Crippen LogP contribution is -2.39. The van der Waals surface area contributed by atoms with E-state index in [-0.39, 0.29) is 22.5 Å². The molecule has 0 saturated carbocycles. The van der Waals surface area contributed by atoms with E-state index in [1.165, 1.54) is 29.3 Å². The first kappa shape index (κ1) is 29.5. The largest absolute Gasteiger partial charge is 0.381 e. The first-order valence-electron chi connectivity index (χ1n) is 13.2. The van der Waals surface area contributed by atoms with Gasteiger partial charge in [-0.2, -0.15) is 13.5 Å². The van der Waals surface area contributed by atoms with Crippen LogP contribution in [-0.4, -0.2) is 37.4 Å². The van der Waals surface area contributed by atoms with Crippen LogP contribution in [0.3, 0.4) is 0 Å². The molecule has 5 rings (SSSR count). The van der Waals surface area contributed by atoms with Gasteiger partial charge in [0.15, 0.2) is 5.84 Å². The van der Waals surface area contributed by atoms with Gasteiger partial charge in [0.2, 0.25) is 5.84 Å². The van der Waals surface area contributed by atoms with E-state index in [0.717, 1.165) is 22.4 Å².